The lowest BCUT2D eigenvalue weighted by atomic mass is 9.98. The van der Waals surface area contributed by atoms with Gasteiger partial charge in [0, 0.05) is 26.2 Å². The highest BCUT2D eigenvalue weighted by Gasteiger charge is 2.31. The zero-order chi connectivity index (χ0) is 13.6. The maximum Gasteiger partial charge on any atom is 0.281 e. The Kier molecular flexibility index (Phi) is 9.19. The van der Waals surface area contributed by atoms with E-state index in [2.05, 4.69) is 12.2 Å². The number of nitrogens with zero attached hydrogens (tertiary/aromatic N) is 2. The highest BCUT2D eigenvalue weighted by Crippen LogP contribution is 2.20. The van der Waals surface area contributed by atoms with Gasteiger partial charge in [-0.15, -0.1) is 12.4 Å². The number of hydrogen-bond acceptors (Lipinski definition) is 3. The maximum absolute atomic E-state index is 12.3. The molecule has 1 heterocycles. The third-order valence-corrected chi connectivity index (χ3v) is 5.80. The van der Waals surface area contributed by atoms with Crippen LogP contribution in [0.5, 0.6) is 0 Å². The molecule has 116 valence electrons. The maximum atomic E-state index is 12.3. The van der Waals surface area contributed by atoms with E-state index in [-0.39, 0.29) is 12.4 Å². The molecule has 1 aliphatic rings. The van der Waals surface area contributed by atoms with E-state index in [9.17, 15) is 8.42 Å². The quantitative estimate of drug-likeness (QED) is 0.771. The molecule has 1 aliphatic heterocycles. The molecule has 0 radical (unpaired) electrons. The van der Waals surface area contributed by atoms with Crippen LogP contribution in [-0.4, -0.2) is 56.3 Å². The minimum atomic E-state index is -3.22. The summed E-state index contributed by atoms with van der Waals surface area (Å²) in [5.41, 5.74) is 0. The fourth-order valence-electron chi connectivity index (χ4n) is 2.41. The van der Waals surface area contributed by atoms with Crippen molar-refractivity contribution in [1.82, 2.24) is 13.9 Å². The zero-order valence-electron chi connectivity index (χ0n) is 12.3. The van der Waals surface area contributed by atoms with Crippen LogP contribution in [0.1, 0.15) is 33.6 Å². The van der Waals surface area contributed by atoms with Gasteiger partial charge < -0.3 is 5.32 Å². The minimum absolute atomic E-state index is 0. The number of halogens is 1. The summed E-state index contributed by atoms with van der Waals surface area (Å²) in [6.45, 7) is 10.3. The van der Waals surface area contributed by atoms with E-state index in [1.54, 1.807) is 4.31 Å². The van der Waals surface area contributed by atoms with Crippen molar-refractivity contribution < 1.29 is 8.42 Å². The third-order valence-electron chi connectivity index (χ3n) is 3.61. The Morgan fingerprint density at radius 2 is 1.68 bits per heavy atom. The van der Waals surface area contributed by atoms with Crippen LogP contribution >= 0.6 is 12.4 Å². The average molecular weight is 314 g/mol. The lowest BCUT2D eigenvalue weighted by Gasteiger charge is -2.34. The molecule has 1 fully saturated rings. The molecule has 1 rings (SSSR count). The van der Waals surface area contributed by atoms with Crippen molar-refractivity contribution in [3.05, 3.63) is 0 Å². The van der Waals surface area contributed by atoms with Gasteiger partial charge in [0.2, 0.25) is 0 Å². The predicted molar refractivity (Wildman–Crippen MR) is 81.9 cm³/mol. The Bertz CT molecular complexity index is 326. The summed E-state index contributed by atoms with van der Waals surface area (Å²) in [6, 6.07) is 0. The summed E-state index contributed by atoms with van der Waals surface area (Å²) >= 11 is 0. The molecule has 0 spiro atoms. The molecular formula is C12H28ClN3O2S. The van der Waals surface area contributed by atoms with Gasteiger partial charge in [0.1, 0.15) is 0 Å². The molecule has 0 amide bonds. The first-order chi connectivity index (χ1) is 8.56. The first-order valence-corrected chi connectivity index (χ1v) is 8.41. The van der Waals surface area contributed by atoms with Crippen molar-refractivity contribution in [2.45, 2.75) is 33.6 Å². The summed E-state index contributed by atoms with van der Waals surface area (Å²) in [5, 5.41) is 3.34. The molecule has 1 saturated heterocycles. The normalized spacial score (nSPS) is 18.5. The van der Waals surface area contributed by atoms with Gasteiger partial charge in [0.25, 0.3) is 10.2 Å². The van der Waals surface area contributed by atoms with Crippen LogP contribution in [0, 0.1) is 5.92 Å². The van der Waals surface area contributed by atoms with Crippen LogP contribution in [0.3, 0.4) is 0 Å². The van der Waals surface area contributed by atoms with Gasteiger partial charge in [-0.1, -0.05) is 20.8 Å². The largest absolute Gasteiger partial charge is 0.317 e. The minimum Gasteiger partial charge on any atom is -0.317 e. The van der Waals surface area contributed by atoms with Crippen LogP contribution in [0.25, 0.3) is 0 Å². The van der Waals surface area contributed by atoms with E-state index in [1.807, 2.05) is 13.8 Å². The van der Waals surface area contributed by atoms with Crippen LogP contribution in [0.15, 0.2) is 0 Å². The summed E-state index contributed by atoms with van der Waals surface area (Å²) in [5.74, 6) is 0.619. The number of rotatable bonds is 7. The van der Waals surface area contributed by atoms with Crippen molar-refractivity contribution in [2.75, 3.05) is 39.3 Å². The van der Waals surface area contributed by atoms with Crippen LogP contribution in [0.4, 0.5) is 0 Å². The summed E-state index contributed by atoms with van der Waals surface area (Å²) in [6.07, 6.45) is 1.93. The fraction of sp³-hybridized carbons (Fsp3) is 1.00. The molecule has 5 nitrogen and oxygen atoms in total. The lowest BCUT2D eigenvalue weighted by molar-refractivity contribution is 0.252. The fourth-order valence-corrected chi connectivity index (χ4v) is 4.06. The summed E-state index contributed by atoms with van der Waals surface area (Å²) < 4.78 is 27.8. The molecule has 0 unspecified atom stereocenters. The monoisotopic (exact) mass is 313 g/mol. The van der Waals surface area contributed by atoms with Crippen molar-refractivity contribution in [3.8, 4) is 0 Å². The van der Waals surface area contributed by atoms with E-state index in [4.69, 9.17) is 0 Å². The van der Waals surface area contributed by atoms with Crippen LogP contribution in [-0.2, 0) is 10.2 Å². The highest BCUT2D eigenvalue weighted by atomic mass is 35.5. The Balaban J connectivity index is 0.00000324. The second-order valence-electron chi connectivity index (χ2n) is 4.74. The SMILES string of the molecule is CCNCC1CCN(S(=O)(=O)N(CC)CC)CC1.Cl. The molecule has 1 N–H and O–H groups in total. The molecule has 0 atom stereocenters. The van der Waals surface area contributed by atoms with Gasteiger partial charge in [0.15, 0.2) is 0 Å². The van der Waals surface area contributed by atoms with Gasteiger partial charge >= 0.3 is 0 Å². The van der Waals surface area contributed by atoms with E-state index in [0.717, 1.165) is 25.9 Å². The van der Waals surface area contributed by atoms with Crippen LogP contribution in [0.2, 0.25) is 0 Å². The number of hydrogen-bond donors (Lipinski definition) is 1. The molecular weight excluding hydrogens is 286 g/mol. The second kappa shape index (κ2) is 9.13. The summed E-state index contributed by atoms with van der Waals surface area (Å²) in [4.78, 5) is 0. The Labute approximate surface area is 124 Å². The topological polar surface area (TPSA) is 52.7 Å². The Morgan fingerprint density at radius 3 is 2.11 bits per heavy atom. The van der Waals surface area contributed by atoms with Crippen LogP contribution < -0.4 is 5.32 Å². The number of nitrogens with one attached hydrogen (secondary N) is 1. The Hall–Kier alpha value is 0.120. The van der Waals surface area contributed by atoms with Gasteiger partial charge in [0.05, 0.1) is 0 Å². The third kappa shape index (κ3) is 5.19. The average Bonchev–Trinajstić information content (AvgIpc) is 2.38. The molecule has 0 saturated carbocycles. The molecule has 7 heteroatoms. The van der Waals surface area contributed by atoms with E-state index < -0.39 is 10.2 Å². The van der Waals surface area contributed by atoms with Crippen molar-refractivity contribution in [1.29, 1.82) is 0 Å². The summed E-state index contributed by atoms with van der Waals surface area (Å²) in [7, 11) is -3.22. The van der Waals surface area contributed by atoms with Gasteiger partial charge in [-0.05, 0) is 31.8 Å². The zero-order valence-corrected chi connectivity index (χ0v) is 13.9. The molecule has 0 bridgehead atoms. The van der Waals surface area contributed by atoms with Gasteiger partial charge in [-0.2, -0.15) is 17.0 Å². The molecule has 0 aliphatic carbocycles. The molecule has 0 aromatic heterocycles. The smallest absolute Gasteiger partial charge is 0.281 e. The molecule has 0 aromatic rings. The van der Waals surface area contributed by atoms with Crippen molar-refractivity contribution in [3.63, 3.8) is 0 Å². The van der Waals surface area contributed by atoms with Gasteiger partial charge in [-0.3, -0.25) is 0 Å². The van der Waals surface area contributed by atoms with Gasteiger partial charge in [-0.25, -0.2) is 0 Å². The van der Waals surface area contributed by atoms with E-state index >= 15 is 0 Å². The van der Waals surface area contributed by atoms with Crippen molar-refractivity contribution >= 4 is 22.6 Å². The predicted octanol–water partition coefficient (Wildman–Crippen LogP) is 1.32. The Morgan fingerprint density at radius 1 is 1.16 bits per heavy atom. The molecule has 19 heavy (non-hydrogen) atoms. The van der Waals surface area contributed by atoms with E-state index in [1.165, 1.54) is 4.31 Å². The first kappa shape index (κ1) is 19.1. The lowest BCUT2D eigenvalue weighted by Crippen LogP contribution is -2.47. The number of piperidine rings is 1. The van der Waals surface area contributed by atoms with Crippen molar-refractivity contribution in [2.24, 2.45) is 5.92 Å². The standard InChI is InChI=1S/C12H27N3O2S.ClH/c1-4-13-11-12-7-9-15(10-8-12)18(16,17)14(5-2)6-3;/h12-13H,4-11H2,1-3H3;1H. The first-order valence-electron chi connectivity index (χ1n) is 7.02. The van der Waals surface area contributed by atoms with E-state index in [0.29, 0.717) is 32.1 Å². The highest BCUT2D eigenvalue weighted by molar-refractivity contribution is 7.86. The second-order valence-corrected chi connectivity index (χ2v) is 6.67. The molecule has 0 aromatic carbocycles.